The highest BCUT2D eigenvalue weighted by atomic mass is 16.4. The molecule has 1 fully saturated rings. The maximum Gasteiger partial charge on any atom is 0.352 e. The number of hydrogen-bond donors (Lipinski definition) is 1. The summed E-state index contributed by atoms with van der Waals surface area (Å²) in [4.78, 5) is 18.4. The molecule has 1 aliphatic rings. The van der Waals surface area contributed by atoms with Crippen molar-refractivity contribution in [3.05, 3.63) is 35.8 Å². The average Bonchev–Trinajstić information content (AvgIpc) is 2.94. The van der Waals surface area contributed by atoms with Gasteiger partial charge in [-0.2, -0.15) is 0 Å². The molecule has 0 bridgehead atoms. The summed E-state index contributed by atoms with van der Waals surface area (Å²) in [6.07, 6.45) is 6.95. The summed E-state index contributed by atoms with van der Waals surface area (Å²) in [5, 5.41) is 9.35. The Bertz CT molecular complexity index is 715. The summed E-state index contributed by atoms with van der Waals surface area (Å²) < 4.78 is 1.70. The van der Waals surface area contributed by atoms with Crippen molar-refractivity contribution in [2.45, 2.75) is 46.1 Å². The number of fused-ring (bicyclic) bond motifs is 1. The number of pyridine rings is 1. The van der Waals surface area contributed by atoms with Crippen LogP contribution in [-0.2, 0) is 0 Å². The number of aromatic carboxylic acids is 1. The molecule has 124 valence electrons. The molecule has 1 unspecified atom stereocenters. The Morgan fingerprint density at radius 1 is 1.35 bits per heavy atom. The van der Waals surface area contributed by atoms with Gasteiger partial charge >= 0.3 is 5.97 Å². The predicted octanol–water partition coefficient (Wildman–Crippen LogP) is 3.61. The molecule has 1 saturated heterocycles. The molecule has 5 heteroatoms. The number of aromatic nitrogens is 2. The molecular formula is C18H25N3O2. The number of carbonyl (C=O) groups is 1. The number of nitrogens with zero attached hydrogens (tertiary/aromatic N) is 3. The molecule has 0 amide bonds. The molecule has 0 aliphatic carbocycles. The average molecular weight is 315 g/mol. The Hall–Kier alpha value is -1.88. The van der Waals surface area contributed by atoms with Crippen LogP contribution < -0.4 is 0 Å². The minimum Gasteiger partial charge on any atom is -0.477 e. The monoisotopic (exact) mass is 315 g/mol. The smallest absolute Gasteiger partial charge is 0.352 e. The molecule has 0 saturated carbocycles. The Morgan fingerprint density at radius 3 is 2.83 bits per heavy atom. The lowest BCUT2D eigenvalue weighted by atomic mass is 9.90. The fourth-order valence-electron chi connectivity index (χ4n) is 3.61. The van der Waals surface area contributed by atoms with Gasteiger partial charge in [0.15, 0.2) is 0 Å². The lowest BCUT2D eigenvalue weighted by Gasteiger charge is -2.39. The van der Waals surface area contributed by atoms with Crippen LogP contribution in [0.4, 0.5) is 0 Å². The zero-order chi connectivity index (χ0) is 16.6. The second-order valence-electron chi connectivity index (χ2n) is 7.64. The number of carboxylic acids is 1. The van der Waals surface area contributed by atoms with Crippen LogP contribution in [0.5, 0.6) is 0 Å². The zero-order valence-corrected chi connectivity index (χ0v) is 14.1. The first-order valence-electron chi connectivity index (χ1n) is 8.30. The molecule has 1 atom stereocenters. The second kappa shape index (κ2) is 5.96. The topological polar surface area (TPSA) is 57.8 Å². The minimum absolute atomic E-state index is 0.238. The van der Waals surface area contributed by atoms with E-state index in [-0.39, 0.29) is 11.1 Å². The summed E-state index contributed by atoms with van der Waals surface area (Å²) >= 11 is 0. The molecule has 3 heterocycles. The third kappa shape index (κ3) is 3.24. The number of likely N-dealkylation sites (tertiary alicyclic amines) is 1. The predicted molar refractivity (Wildman–Crippen MR) is 89.8 cm³/mol. The van der Waals surface area contributed by atoms with Crippen molar-refractivity contribution in [3.8, 4) is 0 Å². The van der Waals surface area contributed by atoms with Gasteiger partial charge in [0.05, 0.1) is 0 Å². The van der Waals surface area contributed by atoms with E-state index < -0.39 is 5.97 Å². The highest BCUT2D eigenvalue weighted by Crippen LogP contribution is 2.35. The maximum atomic E-state index is 11.4. The molecule has 0 aromatic carbocycles. The van der Waals surface area contributed by atoms with Crippen LogP contribution in [-0.4, -0.2) is 38.4 Å². The van der Waals surface area contributed by atoms with Gasteiger partial charge in [0.25, 0.3) is 0 Å². The van der Waals surface area contributed by atoms with Crippen LogP contribution in [0.15, 0.2) is 24.5 Å². The van der Waals surface area contributed by atoms with Gasteiger partial charge < -0.3 is 5.11 Å². The number of piperidine rings is 1. The Kier molecular flexibility index (Phi) is 4.15. The van der Waals surface area contributed by atoms with Crippen molar-refractivity contribution in [2.75, 3.05) is 13.1 Å². The van der Waals surface area contributed by atoms with E-state index >= 15 is 0 Å². The highest BCUT2D eigenvalue weighted by Gasteiger charge is 2.29. The SMILES string of the molecule is CC(C)(C)CN1CCCCC1c1ccc(C(=O)O)n2ccnc12. The van der Waals surface area contributed by atoms with Crippen LogP contribution in [0.2, 0.25) is 0 Å². The van der Waals surface area contributed by atoms with Crippen molar-refractivity contribution in [1.29, 1.82) is 0 Å². The molecule has 5 nitrogen and oxygen atoms in total. The van der Waals surface area contributed by atoms with Gasteiger partial charge in [-0.15, -0.1) is 0 Å². The summed E-state index contributed by atoms with van der Waals surface area (Å²) in [6, 6.07) is 3.98. The molecule has 0 radical (unpaired) electrons. The van der Waals surface area contributed by atoms with Crippen LogP contribution in [0.1, 0.15) is 62.1 Å². The standard InChI is InChI=1S/C18H25N3O2/c1-18(2,3)12-20-10-5-4-6-14(20)13-7-8-15(17(22)23)21-11-9-19-16(13)21/h7-9,11,14H,4-6,10,12H2,1-3H3,(H,22,23). The van der Waals surface area contributed by atoms with E-state index in [1.54, 1.807) is 22.9 Å². The van der Waals surface area contributed by atoms with Gasteiger partial charge in [0, 0.05) is 30.5 Å². The van der Waals surface area contributed by atoms with Crippen LogP contribution >= 0.6 is 0 Å². The normalized spacial score (nSPS) is 20.0. The molecule has 3 rings (SSSR count). The summed E-state index contributed by atoms with van der Waals surface area (Å²) in [5.41, 5.74) is 2.42. The summed E-state index contributed by atoms with van der Waals surface area (Å²) in [5.74, 6) is -0.922. The molecule has 2 aromatic rings. The minimum atomic E-state index is -0.922. The van der Waals surface area contributed by atoms with Crippen molar-refractivity contribution in [3.63, 3.8) is 0 Å². The van der Waals surface area contributed by atoms with E-state index in [2.05, 4.69) is 30.7 Å². The second-order valence-corrected chi connectivity index (χ2v) is 7.64. The lowest BCUT2D eigenvalue weighted by Crippen LogP contribution is -2.39. The number of carboxylic acid groups (broad SMARTS) is 1. The van der Waals surface area contributed by atoms with Gasteiger partial charge in [-0.1, -0.05) is 33.3 Å². The highest BCUT2D eigenvalue weighted by molar-refractivity contribution is 5.86. The van der Waals surface area contributed by atoms with E-state index in [1.807, 2.05) is 6.07 Å². The van der Waals surface area contributed by atoms with Crippen molar-refractivity contribution < 1.29 is 9.90 Å². The first-order chi connectivity index (χ1) is 10.9. The van der Waals surface area contributed by atoms with Crippen LogP contribution in [0, 0.1) is 5.41 Å². The molecule has 0 spiro atoms. The number of rotatable bonds is 3. The van der Waals surface area contributed by atoms with Gasteiger partial charge in [-0.3, -0.25) is 9.30 Å². The van der Waals surface area contributed by atoms with E-state index in [0.29, 0.717) is 6.04 Å². The molecular weight excluding hydrogens is 290 g/mol. The Balaban J connectivity index is 2.02. The fraction of sp³-hybridized carbons (Fsp3) is 0.556. The first kappa shape index (κ1) is 16.0. The van der Waals surface area contributed by atoms with Gasteiger partial charge in [-0.05, 0) is 30.9 Å². The van der Waals surface area contributed by atoms with Gasteiger partial charge in [-0.25, -0.2) is 9.78 Å². The quantitative estimate of drug-likeness (QED) is 0.940. The molecule has 1 N–H and O–H groups in total. The number of hydrogen-bond acceptors (Lipinski definition) is 3. The zero-order valence-electron chi connectivity index (χ0n) is 14.1. The van der Waals surface area contributed by atoms with Gasteiger partial charge in [0.1, 0.15) is 11.3 Å². The van der Waals surface area contributed by atoms with Crippen LogP contribution in [0.3, 0.4) is 0 Å². The first-order valence-corrected chi connectivity index (χ1v) is 8.30. The van der Waals surface area contributed by atoms with Crippen molar-refractivity contribution in [2.24, 2.45) is 5.41 Å². The van der Waals surface area contributed by atoms with Crippen molar-refractivity contribution >= 4 is 11.6 Å². The summed E-state index contributed by atoms with van der Waals surface area (Å²) in [7, 11) is 0. The summed E-state index contributed by atoms with van der Waals surface area (Å²) in [6.45, 7) is 8.91. The van der Waals surface area contributed by atoms with E-state index in [4.69, 9.17) is 0 Å². The largest absolute Gasteiger partial charge is 0.477 e. The maximum absolute atomic E-state index is 11.4. The third-order valence-corrected chi connectivity index (χ3v) is 4.45. The Morgan fingerprint density at radius 2 is 2.13 bits per heavy atom. The number of imidazole rings is 1. The molecule has 1 aliphatic heterocycles. The van der Waals surface area contributed by atoms with E-state index in [1.165, 1.54) is 12.8 Å². The van der Waals surface area contributed by atoms with Crippen molar-refractivity contribution in [1.82, 2.24) is 14.3 Å². The fourth-order valence-corrected chi connectivity index (χ4v) is 3.61. The third-order valence-electron chi connectivity index (χ3n) is 4.45. The van der Waals surface area contributed by atoms with E-state index in [0.717, 1.165) is 30.7 Å². The molecule has 2 aromatic heterocycles. The molecule has 23 heavy (non-hydrogen) atoms. The lowest BCUT2D eigenvalue weighted by molar-refractivity contribution is 0.0688. The van der Waals surface area contributed by atoms with Gasteiger partial charge in [0.2, 0.25) is 0 Å². The van der Waals surface area contributed by atoms with Crippen LogP contribution in [0.25, 0.3) is 5.65 Å². The van der Waals surface area contributed by atoms with E-state index in [9.17, 15) is 9.90 Å². The Labute approximate surface area is 136 Å².